The fourth-order valence-corrected chi connectivity index (χ4v) is 2.71. The summed E-state index contributed by atoms with van der Waals surface area (Å²) < 4.78 is 0. The normalized spacial score (nSPS) is 18.4. The number of nitrogens with zero attached hydrogens (tertiary/aromatic N) is 1. The molecule has 1 fully saturated rings. The van der Waals surface area contributed by atoms with Crippen molar-refractivity contribution >= 4 is 29.6 Å². The van der Waals surface area contributed by atoms with Crippen LogP contribution in [-0.4, -0.2) is 34.6 Å². The summed E-state index contributed by atoms with van der Waals surface area (Å²) in [5.41, 5.74) is 0.388. The Balaban J connectivity index is 2.14. The molecule has 1 aromatic carbocycles. The molecular weight excluding hydrogens is 289 g/mol. The second-order valence-corrected chi connectivity index (χ2v) is 5.56. The number of rotatable bonds is 3. The van der Waals surface area contributed by atoms with Crippen LogP contribution >= 0.6 is 23.2 Å². The van der Waals surface area contributed by atoms with Crippen molar-refractivity contribution in [2.45, 2.75) is 18.9 Å². The van der Waals surface area contributed by atoms with Crippen molar-refractivity contribution in [2.24, 2.45) is 5.92 Å². The van der Waals surface area contributed by atoms with Gasteiger partial charge in [0.15, 0.2) is 0 Å². The summed E-state index contributed by atoms with van der Waals surface area (Å²) in [4.78, 5) is 12.3. The van der Waals surface area contributed by atoms with Crippen molar-refractivity contribution in [3.63, 3.8) is 0 Å². The molecule has 0 aliphatic carbocycles. The molecule has 19 heavy (non-hydrogen) atoms. The first-order valence-corrected chi connectivity index (χ1v) is 6.84. The largest absolute Gasteiger partial charge is 0.508 e. The van der Waals surface area contributed by atoms with Crippen molar-refractivity contribution in [1.82, 2.24) is 4.90 Å². The number of amides is 1. The standard InChI is InChI=1S/C13H15Cl2NO3/c14-10-5-9(12(18)6-11(10)15)13(19)8-1-3-16(7-17)4-2-8/h5-8,13,18-19H,1-4H2. The number of carbonyl (C=O) groups excluding carboxylic acids is 1. The number of phenols is 1. The molecule has 6 heteroatoms. The van der Waals surface area contributed by atoms with Crippen molar-refractivity contribution in [2.75, 3.05) is 13.1 Å². The number of aromatic hydroxyl groups is 1. The van der Waals surface area contributed by atoms with Crippen LogP contribution in [0.4, 0.5) is 0 Å². The molecule has 104 valence electrons. The first-order valence-electron chi connectivity index (χ1n) is 6.08. The first-order chi connectivity index (χ1) is 9.02. The molecule has 0 spiro atoms. The van der Waals surface area contributed by atoms with E-state index < -0.39 is 6.10 Å². The topological polar surface area (TPSA) is 60.8 Å². The molecule has 4 nitrogen and oxygen atoms in total. The van der Waals surface area contributed by atoms with E-state index in [1.807, 2.05) is 0 Å². The molecule has 1 heterocycles. The van der Waals surface area contributed by atoms with Crippen LogP contribution in [0.25, 0.3) is 0 Å². The summed E-state index contributed by atoms with van der Waals surface area (Å²) in [6, 6.07) is 2.83. The van der Waals surface area contributed by atoms with Gasteiger partial charge in [-0.3, -0.25) is 4.79 Å². The Hall–Kier alpha value is -0.970. The lowest BCUT2D eigenvalue weighted by Gasteiger charge is -2.32. The zero-order chi connectivity index (χ0) is 14.0. The van der Waals surface area contributed by atoms with Gasteiger partial charge in [-0.15, -0.1) is 0 Å². The highest BCUT2D eigenvalue weighted by Gasteiger charge is 2.27. The molecule has 0 bridgehead atoms. The van der Waals surface area contributed by atoms with Gasteiger partial charge in [-0.2, -0.15) is 0 Å². The minimum absolute atomic E-state index is 0.000609. The summed E-state index contributed by atoms with van der Waals surface area (Å²) in [6.45, 7) is 1.24. The summed E-state index contributed by atoms with van der Waals surface area (Å²) >= 11 is 11.7. The van der Waals surface area contributed by atoms with E-state index in [2.05, 4.69) is 0 Å². The lowest BCUT2D eigenvalue weighted by Crippen LogP contribution is -2.34. The number of halogens is 2. The highest BCUT2D eigenvalue weighted by Crippen LogP contribution is 2.38. The van der Waals surface area contributed by atoms with Gasteiger partial charge < -0.3 is 15.1 Å². The number of piperidine rings is 1. The van der Waals surface area contributed by atoms with Gasteiger partial charge in [-0.25, -0.2) is 0 Å². The SMILES string of the molecule is O=CN1CCC(C(O)c2cc(Cl)c(Cl)cc2O)CC1. The fraction of sp³-hybridized carbons (Fsp3) is 0.462. The van der Waals surface area contributed by atoms with E-state index >= 15 is 0 Å². The van der Waals surface area contributed by atoms with E-state index in [-0.39, 0.29) is 16.7 Å². The van der Waals surface area contributed by atoms with E-state index in [0.29, 0.717) is 36.5 Å². The summed E-state index contributed by atoms with van der Waals surface area (Å²) in [6.07, 6.45) is 1.40. The van der Waals surface area contributed by atoms with Gasteiger partial charge in [-0.1, -0.05) is 23.2 Å². The Labute approximate surface area is 121 Å². The predicted molar refractivity (Wildman–Crippen MR) is 73.4 cm³/mol. The monoisotopic (exact) mass is 303 g/mol. The molecule has 0 saturated carbocycles. The van der Waals surface area contributed by atoms with Gasteiger partial charge >= 0.3 is 0 Å². The number of hydrogen-bond donors (Lipinski definition) is 2. The van der Waals surface area contributed by atoms with Gasteiger partial charge in [0, 0.05) is 24.7 Å². The minimum atomic E-state index is -0.802. The van der Waals surface area contributed by atoms with E-state index in [4.69, 9.17) is 23.2 Å². The number of benzene rings is 1. The Morgan fingerprint density at radius 2 is 1.84 bits per heavy atom. The van der Waals surface area contributed by atoms with Crippen LogP contribution in [-0.2, 0) is 4.79 Å². The smallest absolute Gasteiger partial charge is 0.209 e. The molecule has 1 unspecified atom stereocenters. The molecule has 0 radical (unpaired) electrons. The Kier molecular flexibility index (Phi) is 4.55. The van der Waals surface area contributed by atoms with Crippen LogP contribution in [0.3, 0.4) is 0 Å². The van der Waals surface area contributed by atoms with Crippen LogP contribution in [0.1, 0.15) is 24.5 Å². The highest BCUT2D eigenvalue weighted by molar-refractivity contribution is 6.42. The molecule has 1 amide bonds. The maximum Gasteiger partial charge on any atom is 0.209 e. The van der Waals surface area contributed by atoms with Gasteiger partial charge in [0.25, 0.3) is 0 Å². The van der Waals surface area contributed by atoms with E-state index in [1.54, 1.807) is 4.90 Å². The zero-order valence-electron chi connectivity index (χ0n) is 10.2. The van der Waals surface area contributed by atoms with Crippen molar-refractivity contribution in [3.8, 4) is 5.75 Å². The molecule has 1 atom stereocenters. The second kappa shape index (κ2) is 5.99. The lowest BCUT2D eigenvalue weighted by atomic mass is 9.87. The van der Waals surface area contributed by atoms with Crippen LogP contribution < -0.4 is 0 Å². The highest BCUT2D eigenvalue weighted by atomic mass is 35.5. The fourth-order valence-electron chi connectivity index (χ4n) is 2.38. The molecule has 1 aromatic rings. The molecular formula is C13H15Cl2NO3. The lowest BCUT2D eigenvalue weighted by molar-refractivity contribution is -0.120. The number of aliphatic hydroxyl groups excluding tert-OH is 1. The minimum Gasteiger partial charge on any atom is -0.508 e. The number of hydrogen-bond acceptors (Lipinski definition) is 3. The third kappa shape index (κ3) is 3.14. The summed E-state index contributed by atoms with van der Waals surface area (Å²) in [5, 5.41) is 20.7. The van der Waals surface area contributed by atoms with Crippen LogP contribution in [0.15, 0.2) is 12.1 Å². The van der Waals surface area contributed by atoms with Crippen molar-refractivity contribution < 1.29 is 15.0 Å². The van der Waals surface area contributed by atoms with E-state index in [9.17, 15) is 15.0 Å². The maximum absolute atomic E-state index is 10.6. The van der Waals surface area contributed by atoms with Crippen LogP contribution in [0.2, 0.25) is 10.0 Å². The molecule has 0 aromatic heterocycles. The number of likely N-dealkylation sites (tertiary alicyclic amines) is 1. The zero-order valence-corrected chi connectivity index (χ0v) is 11.7. The van der Waals surface area contributed by atoms with Gasteiger partial charge in [0.05, 0.1) is 16.1 Å². The molecule has 2 N–H and O–H groups in total. The number of phenolic OH excluding ortho intramolecular Hbond substituents is 1. The second-order valence-electron chi connectivity index (χ2n) is 4.75. The Morgan fingerprint density at radius 1 is 1.26 bits per heavy atom. The molecule has 1 aliphatic rings. The Morgan fingerprint density at radius 3 is 2.42 bits per heavy atom. The van der Waals surface area contributed by atoms with Gasteiger partial charge in [0.2, 0.25) is 6.41 Å². The third-order valence-electron chi connectivity index (χ3n) is 3.56. The number of aliphatic hydroxyl groups is 1. The van der Waals surface area contributed by atoms with Crippen molar-refractivity contribution in [1.29, 1.82) is 0 Å². The molecule has 2 rings (SSSR count). The molecule has 1 saturated heterocycles. The maximum atomic E-state index is 10.6. The average Bonchev–Trinajstić information content (AvgIpc) is 2.42. The summed E-state index contributed by atoms with van der Waals surface area (Å²) in [5.74, 6) is -0.0564. The van der Waals surface area contributed by atoms with Crippen LogP contribution in [0, 0.1) is 5.92 Å². The molecule has 1 aliphatic heterocycles. The predicted octanol–water partition coefficient (Wildman–Crippen LogP) is 2.60. The quantitative estimate of drug-likeness (QED) is 0.844. The van der Waals surface area contributed by atoms with Crippen LogP contribution in [0.5, 0.6) is 5.75 Å². The number of carbonyl (C=O) groups is 1. The Bertz CT molecular complexity index is 473. The van der Waals surface area contributed by atoms with E-state index in [1.165, 1.54) is 12.1 Å². The van der Waals surface area contributed by atoms with Crippen molar-refractivity contribution in [3.05, 3.63) is 27.7 Å². The third-order valence-corrected chi connectivity index (χ3v) is 4.28. The van der Waals surface area contributed by atoms with Gasteiger partial charge in [-0.05, 0) is 24.8 Å². The van der Waals surface area contributed by atoms with Gasteiger partial charge in [0.1, 0.15) is 5.75 Å². The van der Waals surface area contributed by atoms with E-state index in [0.717, 1.165) is 6.41 Å². The summed E-state index contributed by atoms with van der Waals surface area (Å²) in [7, 11) is 0. The first kappa shape index (κ1) is 14.4. The average molecular weight is 304 g/mol.